The van der Waals surface area contributed by atoms with E-state index in [0.29, 0.717) is 12.5 Å². The fourth-order valence-corrected chi connectivity index (χ4v) is 4.00. The summed E-state index contributed by atoms with van der Waals surface area (Å²) in [6, 6.07) is -0.651. The van der Waals surface area contributed by atoms with E-state index in [1.165, 1.54) is 0 Å². The summed E-state index contributed by atoms with van der Waals surface area (Å²) in [6.07, 6.45) is 5.02. The van der Waals surface area contributed by atoms with Gasteiger partial charge in [-0.2, -0.15) is 0 Å². The Morgan fingerprint density at radius 1 is 1.26 bits per heavy atom. The first-order chi connectivity index (χ1) is 8.93. The van der Waals surface area contributed by atoms with Crippen LogP contribution in [0.15, 0.2) is 0 Å². The molecule has 3 N–H and O–H groups in total. The zero-order chi connectivity index (χ0) is 13.8. The SMILES string of the molecule is CC(N)(C(=O)N1CC2CCCC2C1C(=O)O)C1CC1. The van der Waals surface area contributed by atoms with E-state index >= 15 is 0 Å². The second-order valence-electron chi connectivity index (χ2n) is 6.65. The molecular weight excluding hydrogens is 244 g/mol. The fraction of sp³-hybridized carbons (Fsp3) is 0.857. The standard InChI is InChI=1S/C14H22N2O3/c1-14(15,9-5-6-9)13(19)16-7-8-3-2-4-10(8)11(16)12(17)18/h8-11H,2-7,15H2,1H3,(H,17,18). The van der Waals surface area contributed by atoms with Crippen LogP contribution < -0.4 is 5.73 Å². The van der Waals surface area contributed by atoms with Gasteiger partial charge in [0.25, 0.3) is 0 Å². The number of rotatable bonds is 3. The van der Waals surface area contributed by atoms with E-state index < -0.39 is 17.6 Å². The fourth-order valence-electron chi connectivity index (χ4n) is 4.00. The van der Waals surface area contributed by atoms with Crippen molar-refractivity contribution in [3.8, 4) is 0 Å². The number of carboxylic acids is 1. The van der Waals surface area contributed by atoms with Gasteiger partial charge < -0.3 is 15.7 Å². The van der Waals surface area contributed by atoms with Gasteiger partial charge in [-0.15, -0.1) is 0 Å². The Balaban J connectivity index is 1.83. The molecule has 1 heterocycles. The second kappa shape index (κ2) is 4.20. The summed E-state index contributed by atoms with van der Waals surface area (Å²) in [5.41, 5.74) is 5.29. The van der Waals surface area contributed by atoms with Crippen LogP contribution in [-0.2, 0) is 9.59 Å². The predicted octanol–water partition coefficient (Wildman–Crippen LogP) is 0.825. The molecule has 1 amide bonds. The first-order valence-electron chi connectivity index (χ1n) is 7.25. The van der Waals surface area contributed by atoms with Gasteiger partial charge in [-0.1, -0.05) is 6.42 Å². The molecule has 5 nitrogen and oxygen atoms in total. The van der Waals surface area contributed by atoms with Gasteiger partial charge in [0.15, 0.2) is 0 Å². The molecule has 19 heavy (non-hydrogen) atoms. The van der Waals surface area contributed by atoms with Gasteiger partial charge in [0.05, 0.1) is 5.54 Å². The van der Waals surface area contributed by atoms with E-state index in [2.05, 4.69) is 0 Å². The molecule has 2 saturated carbocycles. The number of nitrogens with two attached hydrogens (primary N) is 1. The number of carboxylic acid groups (broad SMARTS) is 1. The van der Waals surface area contributed by atoms with Crippen LogP contribution in [0.25, 0.3) is 0 Å². The zero-order valence-electron chi connectivity index (χ0n) is 11.3. The summed E-state index contributed by atoms with van der Waals surface area (Å²) >= 11 is 0. The molecule has 0 radical (unpaired) electrons. The Morgan fingerprint density at radius 2 is 1.95 bits per heavy atom. The molecule has 106 valence electrons. The van der Waals surface area contributed by atoms with E-state index in [0.717, 1.165) is 32.1 Å². The zero-order valence-corrected chi connectivity index (χ0v) is 11.3. The number of fused-ring (bicyclic) bond motifs is 1. The van der Waals surface area contributed by atoms with Gasteiger partial charge in [0.2, 0.25) is 5.91 Å². The highest BCUT2D eigenvalue weighted by molar-refractivity contribution is 5.91. The maximum atomic E-state index is 12.6. The lowest BCUT2D eigenvalue weighted by atomic mass is 9.92. The number of likely N-dealkylation sites (tertiary alicyclic amines) is 1. The number of carbonyl (C=O) groups excluding carboxylic acids is 1. The van der Waals surface area contributed by atoms with Crippen molar-refractivity contribution in [2.75, 3.05) is 6.54 Å². The molecule has 2 aliphatic carbocycles. The molecule has 4 unspecified atom stereocenters. The van der Waals surface area contributed by atoms with Crippen LogP contribution >= 0.6 is 0 Å². The molecular formula is C14H22N2O3. The van der Waals surface area contributed by atoms with E-state index in [1.807, 2.05) is 0 Å². The van der Waals surface area contributed by atoms with Gasteiger partial charge in [-0.3, -0.25) is 4.79 Å². The molecule has 5 heteroatoms. The first-order valence-corrected chi connectivity index (χ1v) is 7.25. The Kier molecular flexibility index (Phi) is 2.85. The Bertz CT molecular complexity index is 417. The van der Waals surface area contributed by atoms with E-state index in [1.54, 1.807) is 11.8 Å². The third kappa shape index (κ3) is 1.95. The average Bonchev–Trinajstić information content (AvgIpc) is 2.99. The van der Waals surface area contributed by atoms with Crippen LogP contribution in [0.5, 0.6) is 0 Å². The molecule has 3 rings (SSSR count). The Hall–Kier alpha value is -1.10. The lowest BCUT2D eigenvalue weighted by Crippen LogP contribution is -2.57. The molecule has 0 aromatic rings. The highest BCUT2D eigenvalue weighted by Crippen LogP contribution is 2.45. The van der Waals surface area contributed by atoms with Crippen molar-refractivity contribution in [3.05, 3.63) is 0 Å². The number of hydrogen-bond donors (Lipinski definition) is 2. The third-order valence-corrected chi connectivity index (χ3v) is 5.29. The van der Waals surface area contributed by atoms with Crippen LogP contribution in [0.1, 0.15) is 39.0 Å². The van der Waals surface area contributed by atoms with Crippen molar-refractivity contribution >= 4 is 11.9 Å². The minimum absolute atomic E-state index is 0.136. The van der Waals surface area contributed by atoms with Crippen molar-refractivity contribution in [2.45, 2.75) is 50.6 Å². The van der Waals surface area contributed by atoms with Crippen LogP contribution in [0.4, 0.5) is 0 Å². The maximum Gasteiger partial charge on any atom is 0.326 e. The Labute approximate surface area is 113 Å². The molecule has 0 spiro atoms. The van der Waals surface area contributed by atoms with Crippen molar-refractivity contribution in [2.24, 2.45) is 23.5 Å². The van der Waals surface area contributed by atoms with Crippen molar-refractivity contribution in [1.29, 1.82) is 0 Å². The van der Waals surface area contributed by atoms with Crippen molar-refractivity contribution in [1.82, 2.24) is 4.90 Å². The van der Waals surface area contributed by atoms with Crippen LogP contribution in [0.2, 0.25) is 0 Å². The number of carbonyl (C=O) groups is 2. The summed E-state index contributed by atoms with van der Waals surface area (Å²) < 4.78 is 0. The average molecular weight is 266 g/mol. The van der Waals surface area contributed by atoms with E-state index in [4.69, 9.17) is 5.73 Å². The first kappa shape index (κ1) is 12.9. The molecule has 1 saturated heterocycles. The minimum Gasteiger partial charge on any atom is -0.480 e. The lowest BCUT2D eigenvalue weighted by molar-refractivity contribution is -0.152. The summed E-state index contributed by atoms with van der Waals surface area (Å²) in [5.74, 6) is -0.294. The monoisotopic (exact) mass is 266 g/mol. The van der Waals surface area contributed by atoms with E-state index in [9.17, 15) is 14.7 Å². The van der Waals surface area contributed by atoms with Gasteiger partial charge in [-0.05, 0) is 50.4 Å². The molecule has 3 fully saturated rings. The summed E-state index contributed by atoms with van der Waals surface area (Å²) in [5, 5.41) is 9.46. The molecule has 0 aromatic carbocycles. The van der Waals surface area contributed by atoms with Crippen molar-refractivity contribution in [3.63, 3.8) is 0 Å². The maximum absolute atomic E-state index is 12.6. The molecule has 0 bridgehead atoms. The highest BCUT2D eigenvalue weighted by Gasteiger charge is 2.54. The predicted molar refractivity (Wildman–Crippen MR) is 69.3 cm³/mol. The van der Waals surface area contributed by atoms with Gasteiger partial charge in [0, 0.05) is 6.54 Å². The normalized spacial score (nSPS) is 36.9. The largest absolute Gasteiger partial charge is 0.480 e. The third-order valence-electron chi connectivity index (χ3n) is 5.29. The van der Waals surface area contributed by atoms with Gasteiger partial charge in [0.1, 0.15) is 6.04 Å². The lowest BCUT2D eigenvalue weighted by Gasteiger charge is -2.32. The van der Waals surface area contributed by atoms with Crippen LogP contribution in [0.3, 0.4) is 0 Å². The van der Waals surface area contributed by atoms with Crippen LogP contribution in [-0.4, -0.2) is 40.0 Å². The molecule has 3 aliphatic rings. The van der Waals surface area contributed by atoms with Crippen molar-refractivity contribution < 1.29 is 14.7 Å². The van der Waals surface area contributed by atoms with Gasteiger partial charge in [-0.25, -0.2) is 4.79 Å². The van der Waals surface area contributed by atoms with Crippen LogP contribution in [0, 0.1) is 17.8 Å². The smallest absolute Gasteiger partial charge is 0.326 e. The summed E-state index contributed by atoms with van der Waals surface area (Å²) in [7, 11) is 0. The summed E-state index contributed by atoms with van der Waals surface area (Å²) in [6.45, 7) is 2.35. The second-order valence-corrected chi connectivity index (χ2v) is 6.65. The van der Waals surface area contributed by atoms with E-state index in [-0.39, 0.29) is 17.7 Å². The number of amides is 1. The molecule has 4 atom stereocenters. The Morgan fingerprint density at radius 3 is 2.53 bits per heavy atom. The summed E-state index contributed by atoms with van der Waals surface area (Å²) in [4.78, 5) is 25.7. The van der Waals surface area contributed by atoms with Gasteiger partial charge >= 0.3 is 5.97 Å². The minimum atomic E-state index is -0.883. The molecule has 0 aromatic heterocycles. The number of aliphatic carboxylic acids is 1. The topological polar surface area (TPSA) is 83.6 Å². The number of hydrogen-bond acceptors (Lipinski definition) is 3. The molecule has 1 aliphatic heterocycles. The highest BCUT2D eigenvalue weighted by atomic mass is 16.4. The quantitative estimate of drug-likeness (QED) is 0.792. The number of nitrogens with zero attached hydrogens (tertiary/aromatic N) is 1.